The highest BCUT2D eigenvalue weighted by Crippen LogP contribution is 2.30. The number of aromatic nitrogens is 1. The van der Waals surface area contributed by atoms with Gasteiger partial charge in [-0.2, -0.15) is 0 Å². The molecule has 0 N–H and O–H groups in total. The molecule has 0 saturated carbocycles. The molecule has 1 saturated heterocycles. The number of thiazole rings is 1. The molecule has 1 atom stereocenters. The Hall–Kier alpha value is -1.73. The van der Waals surface area contributed by atoms with Crippen LogP contribution >= 0.6 is 11.3 Å². The van der Waals surface area contributed by atoms with E-state index in [1.165, 1.54) is 16.9 Å². The maximum Gasteiger partial charge on any atom is 0.265 e. The largest absolute Gasteiger partial charge is 0.337 e. The van der Waals surface area contributed by atoms with E-state index in [2.05, 4.69) is 24.0 Å². The second-order valence-electron chi connectivity index (χ2n) is 6.46. The number of hydrogen-bond donors (Lipinski definition) is 0. The predicted molar refractivity (Wildman–Crippen MR) is 101 cm³/mol. The third kappa shape index (κ3) is 3.77. The Morgan fingerprint density at radius 2 is 2.00 bits per heavy atom. The van der Waals surface area contributed by atoms with Crippen LogP contribution in [0.15, 0.2) is 24.3 Å². The minimum absolute atomic E-state index is 0.0540. The van der Waals surface area contributed by atoms with Crippen LogP contribution in [0.1, 0.15) is 34.3 Å². The Kier molecular flexibility index (Phi) is 4.97. The molecule has 0 bridgehead atoms. The summed E-state index contributed by atoms with van der Waals surface area (Å²) in [5, 5.41) is 0.816. The van der Waals surface area contributed by atoms with Crippen LogP contribution in [0.5, 0.6) is 0 Å². The van der Waals surface area contributed by atoms with E-state index < -0.39 is 9.84 Å². The average molecular weight is 379 g/mol. The van der Waals surface area contributed by atoms with Crippen molar-refractivity contribution in [2.24, 2.45) is 0 Å². The van der Waals surface area contributed by atoms with Crippen LogP contribution in [0.3, 0.4) is 0 Å². The molecular weight excluding hydrogens is 356 g/mol. The lowest BCUT2D eigenvalue weighted by Crippen LogP contribution is -2.37. The second kappa shape index (κ2) is 6.88. The predicted octanol–water partition coefficient (Wildman–Crippen LogP) is 2.94. The van der Waals surface area contributed by atoms with Crippen LogP contribution < -0.4 is 0 Å². The zero-order valence-electron chi connectivity index (χ0n) is 14.7. The minimum atomic E-state index is -3.02. The summed E-state index contributed by atoms with van der Waals surface area (Å²) in [7, 11) is -1.33. The number of amides is 1. The number of hydrogen-bond acceptors (Lipinski definition) is 5. The molecule has 1 aliphatic heterocycles. The van der Waals surface area contributed by atoms with E-state index >= 15 is 0 Å². The van der Waals surface area contributed by atoms with Crippen molar-refractivity contribution in [2.75, 3.05) is 18.6 Å². The molecule has 0 unspecified atom stereocenters. The molecule has 1 aliphatic rings. The van der Waals surface area contributed by atoms with Gasteiger partial charge in [0.2, 0.25) is 0 Å². The van der Waals surface area contributed by atoms with Crippen molar-refractivity contribution in [2.45, 2.75) is 32.7 Å². The molecular formula is C18H22N2O3S2. The SMILES string of the molecule is CCc1ccc(-c2nc(C)c(C(=O)N(C)[C@H]3CCS(=O)(=O)C3)s2)cc1. The molecule has 0 aliphatic carbocycles. The fraction of sp³-hybridized carbons (Fsp3) is 0.444. The minimum Gasteiger partial charge on any atom is -0.337 e. The van der Waals surface area contributed by atoms with Crippen molar-refractivity contribution in [3.8, 4) is 10.6 Å². The maximum atomic E-state index is 12.8. The number of carbonyl (C=O) groups is 1. The van der Waals surface area contributed by atoms with Crippen molar-refractivity contribution < 1.29 is 13.2 Å². The first kappa shape index (κ1) is 18.1. The van der Waals surface area contributed by atoms with Crippen molar-refractivity contribution in [1.82, 2.24) is 9.88 Å². The highest BCUT2D eigenvalue weighted by molar-refractivity contribution is 7.91. The van der Waals surface area contributed by atoms with Crippen LogP contribution in [0.2, 0.25) is 0 Å². The number of benzene rings is 1. The lowest BCUT2D eigenvalue weighted by atomic mass is 10.1. The number of aryl methyl sites for hydroxylation is 2. The third-order valence-electron chi connectivity index (χ3n) is 4.68. The first-order valence-corrected chi connectivity index (χ1v) is 11.0. The monoisotopic (exact) mass is 378 g/mol. The van der Waals surface area contributed by atoms with Gasteiger partial charge in [0.15, 0.2) is 9.84 Å². The molecule has 2 heterocycles. The van der Waals surface area contributed by atoms with Gasteiger partial charge in [-0.25, -0.2) is 13.4 Å². The molecule has 7 heteroatoms. The van der Waals surface area contributed by atoms with Crippen molar-refractivity contribution in [1.29, 1.82) is 0 Å². The van der Waals surface area contributed by atoms with Gasteiger partial charge in [0, 0.05) is 18.7 Å². The lowest BCUT2D eigenvalue weighted by molar-refractivity contribution is 0.0751. The normalized spacial score (nSPS) is 19.1. The van der Waals surface area contributed by atoms with Gasteiger partial charge in [0.1, 0.15) is 9.88 Å². The number of rotatable bonds is 4. The molecule has 1 amide bonds. The van der Waals surface area contributed by atoms with E-state index in [0.717, 1.165) is 17.0 Å². The van der Waals surface area contributed by atoms with Gasteiger partial charge in [-0.05, 0) is 25.3 Å². The highest BCUT2D eigenvalue weighted by Gasteiger charge is 2.34. The molecule has 1 aromatic carbocycles. The molecule has 134 valence electrons. The van der Waals surface area contributed by atoms with Crippen molar-refractivity contribution in [3.05, 3.63) is 40.4 Å². The van der Waals surface area contributed by atoms with Gasteiger partial charge >= 0.3 is 0 Å². The van der Waals surface area contributed by atoms with Gasteiger partial charge in [-0.1, -0.05) is 31.2 Å². The zero-order chi connectivity index (χ0) is 18.2. The molecule has 3 rings (SSSR count). The molecule has 0 radical (unpaired) electrons. The van der Waals surface area contributed by atoms with Gasteiger partial charge in [-0.15, -0.1) is 11.3 Å². The Morgan fingerprint density at radius 3 is 2.56 bits per heavy atom. The smallest absolute Gasteiger partial charge is 0.265 e. The van der Waals surface area contributed by atoms with Gasteiger partial charge < -0.3 is 4.90 Å². The summed E-state index contributed by atoms with van der Waals surface area (Å²) in [6.45, 7) is 3.94. The molecule has 0 spiro atoms. The van der Waals surface area contributed by atoms with E-state index in [4.69, 9.17) is 0 Å². The summed E-state index contributed by atoms with van der Waals surface area (Å²) in [5.41, 5.74) is 2.95. The van der Waals surface area contributed by atoms with Crippen LogP contribution in [-0.2, 0) is 16.3 Å². The first-order valence-electron chi connectivity index (χ1n) is 8.35. The fourth-order valence-electron chi connectivity index (χ4n) is 3.01. The maximum absolute atomic E-state index is 12.8. The van der Waals surface area contributed by atoms with Gasteiger partial charge in [0.25, 0.3) is 5.91 Å². The first-order chi connectivity index (χ1) is 11.8. The summed E-state index contributed by atoms with van der Waals surface area (Å²) < 4.78 is 23.3. The Bertz CT molecular complexity index is 886. The van der Waals surface area contributed by atoms with Crippen molar-refractivity contribution >= 4 is 27.1 Å². The molecule has 1 fully saturated rings. The van der Waals surface area contributed by atoms with E-state index in [1.54, 1.807) is 11.9 Å². The lowest BCUT2D eigenvalue weighted by Gasteiger charge is -2.22. The zero-order valence-corrected chi connectivity index (χ0v) is 16.3. The summed E-state index contributed by atoms with van der Waals surface area (Å²) in [6.07, 6.45) is 1.49. The Morgan fingerprint density at radius 1 is 1.32 bits per heavy atom. The van der Waals surface area contributed by atoms with E-state index in [0.29, 0.717) is 17.0 Å². The Balaban J connectivity index is 1.82. The second-order valence-corrected chi connectivity index (χ2v) is 9.68. The topological polar surface area (TPSA) is 67.3 Å². The molecule has 5 nitrogen and oxygen atoms in total. The Labute approximate surface area is 152 Å². The molecule has 25 heavy (non-hydrogen) atoms. The summed E-state index contributed by atoms with van der Waals surface area (Å²) >= 11 is 1.37. The van der Waals surface area contributed by atoms with Crippen molar-refractivity contribution in [3.63, 3.8) is 0 Å². The average Bonchev–Trinajstić information content (AvgIpc) is 3.16. The number of carbonyl (C=O) groups excluding carboxylic acids is 1. The standard InChI is InChI=1S/C18H22N2O3S2/c1-4-13-5-7-14(8-6-13)17-19-12(2)16(24-17)18(21)20(3)15-9-10-25(22,23)11-15/h5-8,15H,4,9-11H2,1-3H3/t15-/m0/s1. The van der Waals surface area contributed by atoms with Gasteiger partial charge in [0.05, 0.1) is 17.2 Å². The highest BCUT2D eigenvalue weighted by atomic mass is 32.2. The van der Waals surface area contributed by atoms with Crippen LogP contribution in [0.4, 0.5) is 0 Å². The summed E-state index contributed by atoms with van der Waals surface area (Å²) in [6, 6.07) is 7.95. The third-order valence-corrected chi connectivity index (χ3v) is 7.62. The summed E-state index contributed by atoms with van der Waals surface area (Å²) in [5.74, 6) is 0.0678. The fourth-order valence-corrected chi connectivity index (χ4v) is 5.84. The molecule has 2 aromatic rings. The quantitative estimate of drug-likeness (QED) is 0.820. The van der Waals surface area contributed by atoms with E-state index in [-0.39, 0.29) is 23.5 Å². The van der Waals surface area contributed by atoms with Gasteiger partial charge in [-0.3, -0.25) is 4.79 Å². The van der Waals surface area contributed by atoms with E-state index in [1.807, 2.05) is 19.1 Å². The molecule has 1 aromatic heterocycles. The van der Waals surface area contributed by atoms with Crippen LogP contribution in [0, 0.1) is 6.92 Å². The van der Waals surface area contributed by atoms with Crippen LogP contribution in [0.25, 0.3) is 10.6 Å². The number of sulfone groups is 1. The van der Waals surface area contributed by atoms with Crippen LogP contribution in [-0.4, -0.2) is 48.8 Å². The number of nitrogens with zero attached hydrogens (tertiary/aromatic N) is 2. The van der Waals surface area contributed by atoms with E-state index in [9.17, 15) is 13.2 Å². The summed E-state index contributed by atoms with van der Waals surface area (Å²) in [4.78, 5) is 19.5.